The predicted molar refractivity (Wildman–Crippen MR) is 110 cm³/mol. The Labute approximate surface area is 156 Å². The molecule has 0 saturated heterocycles. The van der Waals surface area contributed by atoms with E-state index in [9.17, 15) is 4.79 Å². The first-order valence-electron chi connectivity index (χ1n) is 9.50. The van der Waals surface area contributed by atoms with Gasteiger partial charge in [0.05, 0.1) is 11.9 Å². The van der Waals surface area contributed by atoms with Gasteiger partial charge in [0.1, 0.15) is 5.82 Å². The number of carbonyl (C=O) groups excluding carboxylic acids is 1. The molecule has 5 nitrogen and oxygen atoms in total. The topological polar surface area (TPSA) is 57.3 Å². The number of nitrogens with zero attached hydrogens (tertiary/aromatic N) is 2. The van der Waals surface area contributed by atoms with Crippen LogP contribution in [0.5, 0.6) is 0 Å². The van der Waals surface area contributed by atoms with Crippen LogP contribution >= 0.6 is 0 Å². The molecule has 140 valence electrons. The third-order valence-corrected chi connectivity index (χ3v) is 4.66. The van der Waals surface area contributed by atoms with Gasteiger partial charge in [0, 0.05) is 30.4 Å². The highest BCUT2D eigenvalue weighted by molar-refractivity contribution is 5.91. The summed E-state index contributed by atoms with van der Waals surface area (Å²) in [5.74, 6) is 0.665. The first-order valence-corrected chi connectivity index (χ1v) is 9.50. The fourth-order valence-electron chi connectivity index (χ4n) is 2.94. The SMILES string of the molecule is CCC(CC)C(=O)Nc1ccc(Nc2ccc(N(CC)CC)cc2)cn1. The molecule has 5 heteroatoms. The van der Waals surface area contributed by atoms with Crippen LogP contribution in [0.1, 0.15) is 40.5 Å². The van der Waals surface area contributed by atoms with Crippen LogP contribution in [0.3, 0.4) is 0 Å². The van der Waals surface area contributed by atoms with E-state index in [1.165, 1.54) is 5.69 Å². The van der Waals surface area contributed by atoms with E-state index < -0.39 is 0 Å². The summed E-state index contributed by atoms with van der Waals surface area (Å²) in [6, 6.07) is 12.1. The normalized spacial score (nSPS) is 10.7. The second-order valence-electron chi connectivity index (χ2n) is 6.28. The van der Waals surface area contributed by atoms with Crippen molar-refractivity contribution in [1.82, 2.24) is 4.98 Å². The Hall–Kier alpha value is -2.56. The first kappa shape index (κ1) is 19.8. The van der Waals surface area contributed by atoms with E-state index in [1.54, 1.807) is 6.20 Å². The van der Waals surface area contributed by atoms with Gasteiger partial charge in [-0.05, 0) is 63.1 Å². The Morgan fingerprint density at radius 2 is 1.58 bits per heavy atom. The largest absolute Gasteiger partial charge is 0.372 e. The molecule has 0 bridgehead atoms. The summed E-state index contributed by atoms with van der Waals surface area (Å²) in [4.78, 5) is 18.8. The molecule has 0 saturated carbocycles. The summed E-state index contributed by atoms with van der Waals surface area (Å²) in [5, 5.41) is 6.22. The number of hydrogen-bond acceptors (Lipinski definition) is 4. The average molecular weight is 354 g/mol. The van der Waals surface area contributed by atoms with Crippen LogP contribution in [0, 0.1) is 5.92 Å². The summed E-state index contributed by atoms with van der Waals surface area (Å²) in [7, 11) is 0. The molecule has 0 aliphatic carbocycles. The van der Waals surface area contributed by atoms with Crippen LogP contribution in [0.4, 0.5) is 22.9 Å². The van der Waals surface area contributed by atoms with Crippen LogP contribution in [0.15, 0.2) is 42.6 Å². The average Bonchev–Trinajstić information content (AvgIpc) is 2.66. The minimum Gasteiger partial charge on any atom is -0.372 e. The monoisotopic (exact) mass is 354 g/mol. The van der Waals surface area contributed by atoms with Crippen molar-refractivity contribution < 1.29 is 4.79 Å². The number of anilines is 4. The Morgan fingerprint density at radius 3 is 2.08 bits per heavy atom. The summed E-state index contributed by atoms with van der Waals surface area (Å²) in [6.45, 7) is 10.4. The number of aromatic nitrogens is 1. The molecular formula is C21H30N4O. The van der Waals surface area contributed by atoms with Crippen LogP contribution < -0.4 is 15.5 Å². The Balaban J connectivity index is 1.97. The van der Waals surface area contributed by atoms with Gasteiger partial charge in [-0.15, -0.1) is 0 Å². The van der Waals surface area contributed by atoms with Gasteiger partial charge in [-0.3, -0.25) is 4.79 Å². The maximum atomic E-state index is 12.1. The van der Waals surface area contributed by atoms with Crippen LogP contribution in [-0.4, -0.2) is 24.0 Å². The van der Waals surface area contributed by atoms with E-state index in [1.807, 2.05) is 26.0 Å². The number of benzene rings is 1. The van der Waals surface area contributed by atoms with Gasteiger partial charge >= 0.3 is 0 Å². The number of pyridine rings is 1. The molecule has 0 unspecified atom stereocenters. The van der Waals surface area contributed by atoms with Crippen molar-refractivity contribution in [2.45, 2.75) is 40.5 Å². The van der Waals surface area contributed by atoms with Gasteiger partial charge in [0.25, 0.3) is 0 Å². The van der Waals surface area contributed by atoms with Crippen molar-refractivity contribution in [3.05, 3.63) is 42.6 Å². The second kappa shape index (κ2) is 9.80. The maximum absolute atomic E-state index is 12.1. The van der Waals surface area contributed by atoms with E-state index in [2.05, 4.69) is 58.6 Å². The zero-order chi connectivity index (χ0) is 18.9. The number of carbonyl (C=O) groups is 1. The fourth-order valence-corrected chi connectivity index (χ4v) is 2.94. The van der Waals surface area contributed by atoms with Gasteiger partial charge in [-0.1, -0.05) is 13.8 Å². The standard InChI is InChI=1S/C21H30N4O/c1-5-16(6-2)21(26)24-20-14-11-18(15-22-20)23-17-9-12-19(13-10-17)25(7-3)8-4/h9-16,23H,5-8H2,1-4H3,(H,22,24,26). The van der Waals surface area contributed by atoms with Gasteiger partial charge in [0.15, 0.2) is 0 Å². The molecule has 1 aromatic carbocycles. The Bertz CT molecular complexity index is 674. The minimum absolute atomic E-state index is 0.0372. The van der Waals surface area contributed by atoms with E-state index in [0.717, 1.165) is 37.3 Å². The highest BCUT2D eigenvalue weighted by Crippen LogP contribution is 2.21. The molecule has 1 aromatic heterocycles. The Morgan fingerprint density at radius 1 is 0.962 bits per heavy atom. The lowest BCUT2D eigenvalue weighted by Crippen LogP contribution is -2.22. The van der Waals surface area contributed by atoms with Crippen LogP contribution in [0.2, 0.25) is 0 Å². The molecule has 2 rings (SSSR count). The quantitative estimate of drug-likeness (QED) is 0.662. The number of amides is 1. The van der Waals surface area contributed by atoms with Crippen molar-refractivity contribution in [2.75, 3.05) is 28.6 Å². The number of hydrogen-bond donors (Lipinski definition) is 2. The van der Waals surface area contributed by atoms with Gasteiger partial charge in [-0.2, -0.15) is 0 Å². The summed E-state index contributed by atoms with van der Waals surface area (Å²) in [6.07, 6.45) is 3.41. The third-order valence-electron chi connectivity index (χ3n) is 4.66. The third kappa shape index (κ3) is 5.22. The molecule has 0 aliphatic rings. The predicted octanol–water partition coefficient (Wildman–Crippen LogP) is 5.05. The lowest BCUT2D eigenvalue weighted by molar-refractivity contribution is -0.120. The van der Waals surface area contributed by atoms with Crippen molar-refractivity contribution >= 4 is 28.8 Å². The molecule has 2 N–H and O–H groups in total. The van der Waals surface area contributed by atoms with E-state index in [-0.39, 0.29) is 11.8 Å². The lowest BCUT2D eigenvalue weighted by atomic mass is 10.0. The van der Waals surface area contributed by atoms with E-state index >= 15 is 0 Å². The molecule has 2 aromatic rings. The molecule has 0 radical (unpaired) electrons. The molecule has 26 heavy (non-hydrogen) atoms. The van der Waals surface area contributed by atoms with Crippen molar-refractivity contribution in [1.29, 1.82) is 0 Å². The molecule has 0 spiro atoms. The molecule has 1 heterocycles. The van der Waals surface area contributed by atoms with Crippen molar-refractivity contribution in [3.8, 4) is 0 Å². The molecule has 1 amide bonds. The first-order chi connectivity index (χ1) is 12.6. The zero-order valence-electron chi connectivity index (χ0n) is 16.2. The van der Waals surface area contributed by atoms with Gasteiger partial charge < -0.3 is 15.5 Å². The van der Waals surface area contributed by atoms with Crippen molar-refractivity contribution in [3.63, 3.8) is 0 Å². The minimum atomic E-state index is 0.0372. The second-order valence-corrected chi connectivity index (χ2v) is 6.28. The fraction of sp³-hybridized carbons (Fsp3) is 0.429. The Kier molecular flexibility index (Phi) is 7.45. The summed E-state index contributed by atoms with van der Waals surface area (Å²) < 4.78 is 0. The van der Waals surface area contributed by atoms with Crippen LogP contribution in [-0.2, 0) is 4.79 Å². The summed E-state index contributed by atoms with van der Waals surface area (Å²) in [5.41, 5.74) is 3.12. The van der Waals surface area contributed by atoms with Crippen LogP contribution in [0.25, 0.3) is 0 Å². The maximum Gasteiger partial charge on any atom is 0.228 e. The zero-order valence-corrected chi connectivity index (χ0v) is 16.2. The smallest absolute Gasteiger partial charge is 0.228 e. The number of rotatable bonds is 9. The highest BCUT2D eigenvalue weighted by atomic mass is 16.1. The molecular weight excluding hydrogens is 324 g/mol. The van der Waals surface area contributed by atoms with Gasteiger partial charge in [-0.25, -0.2) is 4.98 Å². The molecule has 0 fully saturated rings. The number of nitrogens with one attached hydrogen (secondary N) is 2. The highest BCUT2D eigenvalue weighted by Gasteiger charge is 2.14. The molecule has 0 atom stereocenters. The summed E-state index contributed by atoms with van der Waals surface area (Å²) >= 11 is 0. The lowest BCUT2D eigenvalue weighted by Gasteiger charge is -2.21. The molecule has 0 aliphatic heterocycles. The van der Waals surface area contributed by atoms with Gasteiger partial charge in [0.2, 0.25) is 5.91 Å². The van der Waals surface area contributed by atoms with Crippen molar-refractivity contribution in [2.24, 2.45) is 5.92 Å². The van der Waals surface area contributed by atoms with E-state index in [0.29, 0.717) is 5.82 Å². The van der Waals surface area contributed by atoms with E-state index in [4.69, 9.17) is 0 Å².